The van der Waals surface area contributed by atoms with Gasteiger partial charge in [-0.3, -0.25) is 4.99 Å². The predicted octanol–water partition coefficient (Wildman–Crippen LogP) is 1.99. The second-order valence-electron chi connectivity index (χ2n) is 3.03. The topological polar surface area (TPSA) is 36.4 Å². The maximum absolute atomic E-state index is 13.3. The summed E-state index contributed by atoms with van der Waals surface area (Å²) >= 11 is 5.69. The molecule has 1 aromatic carbocycles. The summed E-state index contributed by atoms with van der Waals surface area (Å²) in [6.45, 7) is 1.32. The Balaban J connectivity index is 2.27. The zero-order valence-electron chi connectivity index (χ0n) is 7.65. The molecule has 0 unspecified atom stereocenters. The number of rotatable bonds is 1. The number of halogens is 3. The summed E-state index contributed by atoms with van der Waals surface area (Å²) in [7, 11) is 0. The first kappa shape index (κ1) is 10.2. The van der Waals surface area contributed by atoms with E-state index in [1.807, 2.05) is 0 Å². The average Bonchev–Trinajstić information content (AvgIpc) is 2.63. The SMILES string of the molecule is Fc1cc(F)c(NC2=NCCN2)c(Cl)c1. The third kappa shape index (κ3) is 2.18. The first-order chi connectivity index (χ1) is 7.16. The van der Waals surface area contributed by atoms with Crippen LogP contribution in [0.3, 0.4) is 0 Å². The van der Waals surface area contributed by atoms with Crippen molar-refractivity contribution >= 4 is 23.2 Å². The Bertz CT molecular complexity index is 397. The summed E-state index contributed by atoms with van der Waals surface area (Å²) in [5.74, 6) is -0.997. The molecule has 1 aromatic rings. The highest BCUT2D eigenvalue weighted by Gasteiger charge is 2.13. The molecule has 1 aliphatic heterocycles. The largest absolute Gasteiger partial charge is 0.354 e. The van der Waals surface area contributed by atoms with E-state index in [4.69, 9.17) is 11.6 Å². The van der Waals surface area contributed by atoms with Crippen molar-refractivity contribution in [2.24, 2.45) is 4.99 Å². The molecule has 2 rings (SSSR count). The summed E-state index contributed by atoms with van der Waals surface area (Å²) in [6, 6.07) is 1.81. The Morgan fingerprint density at radius 3 is 2.80 bits per heavy atom. The highest BCUT2D eigenvalue weighted by molar-refractivity contribution is 6.33. The van der Waals surface area contributed by atoms with Gasteiger partial charge < -0.3 is 10.6 Å². The molecule has 3 nitrogen and oxygen atoms in total. The minimum atomic E-state index is -0.739. The van der Waals surface area contributed by atoms with Crippen molar-refractivity contribution in [1.82, 2.24) is 5.32 Å². The van der Waals surface area contributed by atoms with Gasteiger partial charge >= 0.3 is 0 Å². The lowest BCUT2D eigenvalue weighted by molar-refractivity contribution is 0.586. The maximum atomic E-state index is 13.3. The molecule has 6 heteroatoms. The van der Waals surface area contributed by atoms with Crippen LogP contribution in [0.25, 0.3) is 0 Å². The minimum Gasteiger partial charge on any atom is -0.354 e. The Labute approximate surface area is 90.1 Å². The molecule has 15 heavy (non-hydrogen) atoms. The molecule has 0 spiro atoms. The number of benzene rings is 1. The molecule has 1 heterocycles. The van der Waals surface area contributed by atoms with Crippen molar-refractivity contribution in [2.45, 2.75) is 0 Å². The van der Waals surface area contributed by atoms with E-state index in [1.54, 1.807) is 0 Å². The van der Waals surface area contributed by atoms with Crippen molar-refractivity contribution in [1.29, 1.82) is 0 Å². The molecule has 80 valence electrons. The van der Waals surface area contributed by atoms with Crippen molar-refractivity contribution in [3.05, 3.63) is 28.8 Å². The van der Waals surface area contributed by atoms with Gasteiger partial charge in [0.05, 0.1) is 17.3 Å². The molecule has 2 N–H and O–H groups in total. The number of guanidine groups is 1. The summed E-state index contributed by atoms with van der Waals surface area (Å²) in [5, 5.41) is 5.55. The molecule has 0 aliphatic carbocycles. The number of nitrogens with one attached hydrogen (secondary N) is 2. The van der Waals surface area contributed by atoms with Crippen LogP contribution in [0.15, 0.2) is 17.1 Å². The minimum absolute atomic E-state index is 0.0103. The van der Waals surface area contributed by atoms with Crippen LogP contribution in [0.4, 0.5) is 14.5 Å². The molecule has 0 radical (unpaired) electrons. The van der Waals surface area contributed by atoms with Gasteiger partial charge in [0.1, 0.15) is 5.82 Å². The van der Waals surface area contributed by atoms with Gasteiger partial charge in [0, 0.05) is 12.6 Å². The van der Waals surface area contributed by atoms with Crippen molar-refractivity contribution in [3.63, 3.8) is 0 Å². The Hall–Kier alpha value is -1.36. The van der Waals surface area contributed by atoms with Crippen LogP contribution in [-0.4, -0.2) is 19.0 Å². The Kier molecular flexibility index (Phi) is 2.73. The van der Waals surface area contributed by atoms with E-state index >= 15 is 0 Å². The predicted molar refractivity (Wildman–Crippen MR) is 55.3 cm³/mol. The van der Waals surface area contributed by atoms with Crippen LogP contribution >= 0.6 is 11.6 Å². The van der Waals surface area contributed by atoms with E-state index in [1.165, 1.54) is 0 Å². The fourth-order valence-electron chi connectivity index (χ4n) is 1.26. The first-order valence-corrected chi connectivity index (χ1v) is 4.74. The van der Waals surface area contributed by atoms with Gasteiger partial charge in [0.15, 0.2) is 11.8 Å². The molecule has 1 aliphatic rings. The van der Waals surface area contributed by atoms with Gasteiger partial charge in [-0.25, -0.2) is 8.78 Å². The van der Waals surface area contributed by atoms with Crippen LogP contribution in [0.5, 0.6) is 0 Å². The molecular weight excluding hydrogens is 224 g/mol. The van der Waals surface area contributed by atoms with E-state index in [0.717, 1.165) is 12.1 Å². The molecule has 0 bridgehead atoms. The fraction of sp³-hybridized carbons (Fsp3) is 0.222. The average molecular weight is 232 g/mol. The van der Waals surface area contributed by atoms with Crippen LogP contribution in [0, 0.1) is 11.6 Å². The lowest BCUT2D eigenvalue weighted by Gasteiger charge is -2.09. The molecular formula is C9H8ClF2N3. The number of nitrogens with zero attached hydrogens (tertiary/aromatic N) is 1. The molecule has 0 amide bonds. The van der Waals surface area contributed by atoms with E-state index in [0.29, 0.717) is 19.0 Å². The van der Waals surface area contributed by atoms with Gasteiger partial charge in [-0.15, -0.1) is 0 Å². The van der Waals surface area contributed by atoms with Gasteiger partial charge in [0.2, 0.25) is 0 Å². The zero-order valence-corrected chi connectivity index (χ0v) is 8.41. The lowest BCUT2D eigenvalue weighted by atomic mass is 10.3. The van der Waals surface area contributed by atoms with Crippen LogP contribution in [-0.2, 0) is 0 Å². The number of hydrogen-bond acceptors (Lipinski definition) is 3. The summed E-state index contributed by atoms with van der Waals surface area (Å²) in [5.41, 5.74) is 0.0335. The van der Waals surface area contributed by atoms with Gasteiger partial charge in [-0.05, 0) is 6.07 Å². The highest BCUT2D eigenvalue weighted by Crippen LogP contribution is 2.26. The quantitative estimate of drug-likeness (QED) is 0.776. The normalized spacial score (nSPS) is 14.7. The fourth-order valence-corrected chi connectivity index (χ4v) is 1.50. The van der Waals surface area contributed by atoms with Gasteiger partial charge in [0.25, 0.3) is 0 Å². The summed E-state index contributed by atoms with van der Waals surface area (Å²) < 4.78 is 26.0. The van der Waals surface area contributed by atoms with E-state index in [2.05, 4.69) is 15.6 Å². The van der Waals surface area contributed by atoms with E-state index < -0.39 is 11.6 Å². The van der Waals surface area contributed by atoms with Crippen LogP contribution in [0.2, 0.25) is 5.02 Å². The third-order valence-electron chi connectivity index (χ3n) is 1.92. The molecule has 0 aromatic heterocycles. The van der Waals surface area contributed by atoms with Crippen LogP contribution in [0.1, 0.15) is 0 Å². The molecule has 0 saturated heterocycles. The highest BCUT2D eigenvalue weighted by atomic mass is 35.5. The third-order valence-corrected chi connectivity index (χ3v) is 2.22. The van der Waals surface area contributed by atoms with Gasteiger partial charge in [-0.2, -0.15) is 0 Å². The maximum Gasteiger partial charge on any atom is 0.196 e. The number of hydrogen-bond donors (Lipinski definition) is 2. The first-order valence-electron chi connectivity index (χ1n) is 4.37. The van der Waals surface area contributed by atoms with E-state index in [-0.39, 0.29) is 10.7 Å². The Morgan fingerprint density at radius 2 is 2.20 bits per heavy atom. The summed E-state index contributed by atoms with van der Waals surface area (Å²) in [6.07, 6.45) is 0. The lowest BCUT2D eigenvalue weighted by Crippen LogP contribution is -2.26. The second kappa shape index (κ2) is 4.02. The van der Waals surface area contributed by atoms with Crippen molar-refractivity contribution < 1.29 is 8.78 Å². The number of aliphatic imine (C=N–C) groups is 1. The molecule has 0 saturated carbocycles. The van der Waals surface area contributed by atoms with Gasteiger partial charge in [-0.1, -0.05) is 11.6 Å². The smallest absolute Gasteiger partial charge is 0.196 e. The van der Waals surface area contributed by atoms with Crippen molar-refractivity contribution in [2.75, 3.05) is 18.4 Å². The van der Waals surface area contributed by atoms with E-state index in [9.17, 15) is 8.78 Å². The zero-order chi connectivity index (χ0) is 10.8. The van der Waals surface area contributed by atoms with Crippen molar-refractivity contribution in [3.8, 4) is 0 Å². The summed E-state index contributed by atoms with van der Waals surface area (Å²) in [4.78, 5) is 4.01. The second-order valence-corrected chi connectivity index (χ2v) is 3.43. The molecule has 0 fully saturated rings. The standard InChI is InChI=1S/C9H8ClF2N3/c10-6-3-5(11)4-7(12)8(6)15-9-13-1-2-14-9/h3-4H,1-2H2,(H2,13,14,15). The van der Waals surface area contributed by atoms with Crippen LogP contribution < -0.4 is 10.6 Å². The Morgan fingerprint density at radius 1 is 1.40 bits per heavy atom. The number of anilines is 1. The monoisotopic (exact) mass is 231 g/mol. The molecule has 0 atom stereocenters.